The third kappa shape index (κ3) is 1.50. The lowest BCUT2D eigenvalue weighted by Crippen LogP contribution is -2.46. The predicted octanol–water partition coefficient (Wildman–Crippen LogP) is -1.19. The molecule has 0 saturated carbocycles. The van der Waals surface area contributed by atoms with E-state index < -0.39 is 17.3 Å². The first-order valence-electron chi connectivity index (χ1n) is 2.42. The van der Waals surface area contributed by atoms with Crippen molar-refractivity contribution in [3.05, 3.63) is 0 Å². The van der Waals surface area contributed by atoms with Crippen LogP contribution < -0.4 is 5.73 Å². The van der Waals surface area contributed by atoms with Crippen LogP contribution in [0.1, 0.15) is 13.8 Å². The zero-order valence-corrected chi connectivity index (χ0v) is 5.34. The van der Waals surface area contributed by atoms with E-state index in [-0.39, 0.29) is 0 Å². The number of rotatable bonds is 2. The molecule has 52 valence electrons. The minimum atomic E-state index is -2.00. The molecule has 0 fully saturated rings. The van der Waals surface area contributed by atoms with Crippen LogP contribution in [0.25, 0.3) is 0 Å². The summed E-state index contributed by atoms with van der Waals surface area (Å²) in [7, 11) is 0. The molecule has 0 aromatic carbocycles. The van der Waals surface area contributed by atoms with Gasteiger partial charge < -0.3 is 10.8 Å². The SMILES string of the molecule is CC(=O)C(C)(O)C(N)=O. The Kier molecular flexibility index (Phi) is 1.93. The number of amides is 1. The highest BCUT2D eigenvalue weighted by molar-refractivity contribution is 6.06. The van der Waals surface area contributed by atoms with Crippen molar-refractivity contribution in [2.45, 2.75) is 19.4 Å². The van der Waals surface area contributed by atoms with Gasteiger partial charge in [0.15, 0.2) is 11.4 Å². The summed E-state index contributed by atoms with van der Waals surface area (Å²) in [6, 6.07) is 0. The molecule has 0 aliphatic heterocycles. The van der Waals surface area contributed by atoms with Gasteiger partial charge in [0, 0.05) is 0 Å². The van der Waals surface area contributed by atoms with E-state index in [0.717, 1.165) is 13.8 Å². The quantitative estimate of drug-likeness (QED) is 0.462. The number of ketones is 1. The second-order valence-electron chi connectivity index (χ2n) is 1.99. The molecule has 1 unspecified atom stereocenters. The van der Waals surface area contributed by atoms with E-state index in [1.54, 1.807) is 0 Å². The average Bonchev–Trinajstić information content (AvgIpc) is 1.65. The first-order valence-corrected chi connectivity index (χ1v) is 2.42. The molecule has 0 spiro atoms. The molecule has 0 radical (unpaired) electrons. The number of hydrogen-bond donors (Lipinski definition) is 2. The molecule has 0 saturated heterocycles. The van der Waals surface area contributed by atoms with Crippen LogP contribution in [0.15, 0.2) is 0 Å². The molecule has 1 amide bonds. The molecular formula is C5H9NO3. The van der Waals surface area contributed by atoms with E-state index in [1.807, 2.05) is 0 Å². The fourth-order valence-corrected chi connectivity index (χ4v) is 0.173. The van der Waals surface area contributed by atoms with Crippen molar-refractivity contribution in [1.82, 2.24) is 0 Å². The van der Waals surface area contributed by atoms with Gasteiger partial charge in [-0.3, -0.25) is 9.59 Å². The predicted molar refractivity (Wildman–Crippen MR) is 30.5 cm³/mol. The fraction of sp³-hybridized carbons (Fsp3) is 0.600. The van der Waals surface area contributed by atoms with Crippen LogP contribution in [0.3, 0.4) is 0 Å². The second kappa shape index (κ2) is 2.14. The maximum absolute atomic E-state index is 10.4. The van der Waals surface area contributed by atoms with Gasteiger partial charge in [0.1, 0.15) is 0 Å². The number of aliphatic hydroxyl groups is 1. The molecule has 3 N–H and O–H groups in total. The number of hydrogen-bond acceptors (Lipinski definition) is 3. The zero-order valence-electron chi connectivity index (χ0n) is 5.34. The Morgan fingerprint density at radius 3 is 1.89 bits per heavy atom. The van der Waals surface area contributed by atoms with E-state index >= 15 is 0 Å². The Morgan fingerprint density at radius 2 is 1.89 bits per heavy atom. The van der Waals surface area contributed by atoms with Crippen molar-refractivity contribution >= 4 is 11.7 Å². The third-order valence-electron chi connectivity index (χ3n) is 1.17. The monoisotopic (exact) mass is 131 g/mol. The molecule has 0 aliphatic carbocycles. The van der Waals surface area contributed by atoms with Crippen LogP contribution in [-0.2, 0) is 9.59 Å². The van der Waals surface area contributed by atoms with Crippen LogP contribution in [0.4, 0.5) is 0 Å². The Balaban J connectivity index is 4.38. The Labute approximate surface area is 52.7 Å². The number of nitrogens with two attached hydrogens (primary N) is 1. The molecule has 0 aromatic rings. The number of Topliss-reactive ketones (excluding diaryl/α,β-unsaturated/α-hetero) is 1. The summed E-state index contributed by atoms with van der Waals surface area (Å²) in [5.41, 5.74) is 2.66. The normalized spacial score (nSPS) is 16.3. The Morgan fingerprint density at radius 1 is 1.56 bits per heavy atom. The van der Waals surface area contributed by atoms with Crippen molar-refractivity contribution in [3.8, 4) is 0 Å². The Bertz CT molecular complexity index is 134. The van der Waals surface area contributed by atoms with Crippen LogP contribution in [0.2, 0.25) is 0 Å². The van der Waals surface area contributed by atoms with Gasteiger partial charge in [-0.25, -0.2) is 0 Å². The summed E-state index contributed by atoms with van der Waals surface area (Å²) in [6.07, 6.45) is 0. The highest BCUT2D eigenvalue weighted by Crippen LogP contribution is 2.01. The van der Waals surface area contributed by atoms with Gasteiger partial charge in [0.05, 0.1) is 0 Å². The summed E-state index contributed by atoms with van der Waals surface area (Å²) in [5.74, 6) is -1.66. The van der Waals surface area contributed by atoms with Crippen molar-refractivity contribution in [2.24, 2.45) is 5.73 Å². The van der Waals surface area contributed by atoms with Gasteiger partial charge in [0.25, 0.3) is 5.91 Å². The van der Waals surface area contributed by atoms with E-state index in [4.69, 9.17) is 5.11 Å². The molecular weight excluding hydrogens is 122 g/mol. The number of carbonyl (C=O) groups is 2. The number of carbonyl (C=O) groups excluding carboxylic acids is 2. The molecule has 0 bridgehead atoms. The maximum atomic E-state index is 10.4. The van der Waals surface area contributed by atoms with Gasteiger partial charge in [0.2, 0.25) is 0 Å². The van der Waals surface area contributed by atoms with Gasteiger partial charge in [-0.05, 0) is 13.8 Å². The van der Waals surface area contributed by atoms with Crippen LogP contribution in [-0.4, -0.2) is 22.4 Å². The zero-order chi connectivity index (χ0) is 7.65. The van der Waals surface area contributed by atoms with Gasteiger partial charge in [-0.1, -0.05) is 0 Å². The fourth-order valence-electron chi connectivity index (χ4n) is 0.173. The summed E-state index contributed by atoms with van der Waals surface area (Å²) < 4.78 is 0. The minimum Gasteiger partial charge on any atom is -0.373 e. The van der Waals surface area contributed by atoms with E-state index in [1.165, 1.54) is 0 Å². The summed E-state index contributed by atoms with van der Waals surface area (Å²) >= 11 is 0. The lowest BCUT2D eigenvalue weighted by atomic mass is 10.0. The van der Waals surface area contributed by atoms with Crippen LogP contribution in [0.5, 0.6) is 0 Å². The standard InChI is InChI=1S/C5H9NO3/c1-3(7)5(2,9)4(6)8/h9H,1-2H3,(H2,6,8). The topological polar surface area (TPSA) is 80.4 Å². The smallest absolute Gasteiger partial charge is 0.256 e. The van der Waals surface area contributed by atoms with Gasteiger partial charge in [-0.15, -0.1) is 0 Å². The first kappa shape index (κ1) is 8.10. The highest BCUT2D eigenvalue weighted by atomic mass is 16.3. The molecule has 4 heteroatoms. The van der Waals surface area contributed by atoms with Crippen LogP contribution >= 0.6 is 0 Å². The van der Waals surface area contributed by atoms with Crippen molar-refractivity contribution in [3.63, 3.8) is 0 Å². The third-order valence-corrected chi connectivity index (χ3v) is 1.17. The average molecular weight is 131 g/mol. The molecule has 0 aromatic heterocycles. The lowest BCUT2D eigenvalue weighted by molar-refractivity contribution is -0.146. The minimum absolute atomic E-state index is 0.644. The number of primary amides is 1. The second-order valence-corrected chi connectivity index (χ2v) is 1.99. The van der Waals surface area contributed by atoms with E-state index in [9.17, 15) is 9.59 Å². The Hall–Kier alpha value is -0.900. The van der Waals surface area contributed by atoms with E-state index in [2.05, 4.69) is 5.73 Å². The van der Waals surface area contributed by atoms with Gasteiger partial charge in [-0.2, -0.15) is 0 Å². The summed E-state index contributed by atoms with van der Waals surface area (Å²) in [4.78, 5) is 20.6. The van der Waals surface area contributed by atoms with Crippen molar-refractivity contribution in [1.29, 1.82) is 0 Å². The molecule has 0 heterocycles. The molecule has 1 atom stereocenters. The van der Waals surface area contributed by atoms with Crippen LogP contribution in [0, 0.1) is 0 Å². The summed E-state index contributed by atoms with van der Waals surface area (Å²) in [5, 5.41) is 8.84. The molecule has 0 rings (SSSR count). The first-order chi connectivity index (χ1) is 3.89. The molecule has 0 aliphatic rings. The van der Waals surface area contributed by atoms with Crippen molar-refractivity contribution in [2.75, 3.05) is 0 Å². The molecule has 4 nitrogen and oxygen atoms in total. The van der Waals surface area contributed by atoms with Gasteiger partial charge >= 0.3 is 0 Å². The largest absolute Gasteiger partial charge is 0.373 e. The van der Waals surface area contributed by atoms with Crippen molar-refractivity contribution < 1.29 is 14.7 Å². The lowest BCUT2D eigenvalue weighted by Gasteiger charge is -2.13. The summed E-state index contributed by atoms with van der Waals surface area (Å²) in [6.45, 7) is 2.17. The van der Waals surface area contributed by atoms with E-state index in [0.29, 0.717) is 0 Å². The molecule has 9 heavy (non-hydrogen) atoms. The highest BCUT2D eigenvalue weighted by Gasteiger charge is 2.32. The maximum Gasteiger partial charge on any atom is 0.256 e.